The van der Waals surface area contributed by atoms with Crippen molar-refractivity contribution in [3.05, 3.63) is 24.4 Å². The minimum absolute atomic E-state index is 0.227. The lowest BCUT2D eigenvalue weighted by Crippen LogP contribution is -1.82. The molecule has 3 nitrogen and oxygen atoms in total. The van der Waals surface area contributed by atoms with Crippen LogP contribution in [0.5, 0.6) is 0 Å². The molecule has 0 saturated heterocycles. The molecule has 0 radical (unpaired) electrons. The van der Waals surface area contributed by atoms with Gasteiger partial charge in [0, 0.05) is 18.6 Å². The van der Waals surface area contributed by atoms with E-state index in [0.29, 0.717) is 0 Å². The van der Waals surface area contributed by atoms with Crippen molar-refractivity contribution in [3.8, 4) is 0 Å². The Hall–Kier alpha value is -0.230. The van der Waals surface area contributed by atoms with E-state index in [0.717, 1.165) is 10.8 Å². The van der Waals surface area contributed by atoms with E-state index in [-0.39, 0.29) is 13.2 Å². The lowest BCUT2D eigenvalue weighted by molar-refractivity contribution is 0.318. The predicted molar refractivity (Wildman–Crippen MR) is 62.4 cm³/mol. The number of nitrogens with zero attached hydrogens (tertiary/aromatic N) is 1. The smallest absolute Gasteiger partial charge is 0.106 e. The highest BCUT2D eigenvalue weighted by Crippen LogP contribution is 2.27. The summed E-state index contributed by atoms with van der Waals surface area (Å²) < 4.78 is 0. The highest BCUT2D eigenvalue weighted by atomic mass is 33.1. The van der Waals surface area contributed by atoms with Gasteiger partial charge in [-0.05, 0) is 29.9 Å². The number of aliphatic hydroxyl groups is 2. The Bertz CT molecular complexity index is 209. The van der Waals surface area contributed by atoms with Crippen LogP contribution in [-0.2, 0) is 0 Å². The molecule has 5 heteroatoms. The van der Waals surface area contributed by atoms with Crippen molar-refractivity contribution in [2.45, 2.75) is 11.9 Å². The van der Waals surface area contributed by atoms with Gasteiger partial charge >= 0.3 is 0 Å². The Morgan fingerprint density at radius 2 is 2.07 bits per heavy atom. The molecule has 0 aliphatic carbocycles. The van der Waals surface area contributed by atoms with Gasteiger partial charge in [0.25, 0.3) is 0 Å². The first-order valence-electron chi connectivity index (χ1n) is 4.27. The molecular formula is C9H15NO2S2. The summed E-state index contributed by atoms with van der Waals surface area (Å²) in [5, 5.41) is 17.1. The largest absolute Gasteiger partial charge is 0.397 e. The maximum Gasteiger partial charge on any atom is 0.106 e. The van der Waals surface area contributed by atoms with Gasteiger partial charge in [-0.2, -0.15) is 0 Å². The molecule has 0 aromatic carbocycles. The molecule has 14 heavy (non-hydrogen) atoms. The third kappa shape index (κ3) is 8.37. The van der Waals surface area contributed by atoms with Gasteiger partial charge in [0.15, 0.2) is 0 Å². The van der Waals surface area contributed by atoms with Crippen LogP contribution in [0, 0.1) is 0 Å². The topological polar surface area (TPSA) is 53.4 Å². The fourth-order valence-electron chi connectivity index (χ4n) is 0.536. The fraction of sp³-hybridized carbons (Fsp3) is 0.444. The average Bonchev–Trinajstić information content (AvgIpc) is 2.21. The Balaban J connectivity index is 0.000000500. The number of rotatable bonds is 4. The molecule has 0 atom stereocenters. The van der Waals surface area contributed by atoms with Crippen molar-refractivity contribution in [1.82, 2.24) is 4.98 Å². The van der Waals surface area contributed by atoms with Crippen LogP contribution < -0.4 is 0 Å². The lowest BCUT2D eigenvalue weighted by atomic mass is 10.5. The third-order valence-corrected chi connectivity index (χ3v) is 3.20. The van der Waals surface area contributed by atoms with Gasteiger partial charge in [-0.1, -0.05) is 16.9 Å². The first-order valence-corrected chi connectivity index (χ1v) is 6.59. The Morgan fingerprint density at radius 1 is 1.36 bits per heavy atom. The summed E-state index contributed by atoms with van der Waals surface area (Å²) >= 11 is 0. The SMILES string of the molecule is CCO.OCCSSc1ccccn1. The summed E-state index contributed by atoms with van der Waals surface area (Å²) in [6.07, 6.45) is 1.77. The van der Waals surface area contributed by atoms with Crippen LogP contribution in [0.25, 0.3) is 0 Å². The van der Waals surface area contributed by atoms with E-state index in [9.17, 15) is 0 Å². The lowest BCUT2D eigenvalue weighted by Gasteiger charge is -1.95. The van der Waals surface area contributed by atoms with Gasteiger partial charge in [0.1, 0.15) is 5.03 Å². The van der Waals surface area contributed by atoms with E-state index < -0.39 is 0 Å². The second kappa shape index (κ2) is 10.8. The summed E-state index contributed by atoms with van der Waals surface area (Å²) in [7, 11) is 3.20. The molecule has 80 valence electrons. The Morgan fingerprint density at radius 3 is 2.57 bits per heavy atom. The van der Waals surface area contributed by atoms with Gasteiger partial charge in [-0.15, -0.1) is 0 Å². The molecule has 0 unspecified atom stereocenters. The summed E-state index contributed by atoms with van der Waals surface area (Å²) in [5.74, 6) is 0.751. The van der Waals surface area contributed by atoms with Gasteiger partial charge in [-0.25, -0.2) is 4.98 Å². The Labute approximate surface area is 92.4 Å². The van der Waals surface area contributed by atoms with Gasteiger partial charge in [0.2, 0.25) is 0 Å². The van der Waals surface area contributed by atoms with E-state index in [2.05, 4.69) is 4.98 Å². The standard InChI is InChI=1S/C7H9NOS2.C2H6O/c9-5-6-10-11-7-3-1-2-4-8-7;1-2-3/h1-4,9H,5-6H2;3H,2H2,1H3. The van der Waals surface area contributed by atoms with Crippen LogP contribution in [0.2, 0.25) is 0 Å². The molecular weight excluding hydrogens is 218 g/mol. The van der Waals surface area contributed by atoms with E-state index in [1.165, 1.54) is 0 Å². The minimum atomic E-state index is 0.227. The molecule has 1 heterocycles. The zero-order chi connectivity index (χ0) is 10.6. The number of aliphatic hydroxyl groups excluding tert-OH is 2. The molecule has 0 bridgehead atoms. The van der Waals surface area contributed by atoms with Crippen molar-refractivity contribution in [2.24, 2.45) is 0 Å². The van der Waals surface area contributed by atoms with Gasteiger partial charge in [0.05, 0.1) is 6.61 Å². The fourth-order valence-corrected chi connectivity index (χ4v) is 2.18. The number of hydrogen-bond acceptors (Lipinski definition) is 5. The first-order chi connectivity index (χ1) is 6.85. The maximum atomic E-state index is 8.49. The van der Waals surface area contributed by atoms with E-state index in [4.69, 9.17) is 10.2 Å². The summed E-state index contributed by atoms with van der Waals surface area (Å²) in [6.45, 7) is 2.16. The molecule has 0 aliphatic rings. The molecule has 1 rings (SSSR count). The summed E-state index contributed by atoms with van der Waals surface area (Å²) in [4.78, 5) is 4.11. The number of aromatic nitrogens is 1. The molecule has 1 aromatic heterocycles. The van der Waals surface area contributed by atoms with Crippen LogP contribution in [-0.4, -0.2) is 34.2 Å². The number of pyridine rings is 1. The molecule has 0 spiro atoms. The second-order valence-electron chi connectivity index (χ2n) is 2.11. The maximum absolute atomic E-state index is 8.49. The monoisotopic (exact) mass is 233 g/mol. The quantitative estimate of drug-likeness (QED) is 0.613. The van der Waals surface area contributed by atoms with Crippen molar-refractivity contribution in [3.63, 3.8) is 0 Å². The number of hydrogen-bond donors (Lipinski definition) is 2. The second-order valence-corrected chi connectivity index (χ2v) is 4.55. The van der Waals surface area contributed by atoms with E-state index >= 15 is 0 Å². The molecule has 0 amide bonds. The van der Waals surface area contributed by atoms with E-state index in [1.54, 1.807) is 34.7 Å². The third-order valence-electron chi connectivity index (χ3n) is 0.957. The molecule has 0 saturated carbocycles. The van der Waals surface area contributed by atoms with Crippen LogP contribution in [0.15, 0.2) is 29.4 Å². The van der Waals surface area contributed by atoms with Crippen molar-refractivity contribution in [2.75, 3.05) is 19.0 Å². The van der Waals surface area contributed by atoms with E-state index in [1.807, 2.05) is 18.2 Å². The van der Waals surface area contributed by atoms with Crippen molar-refractivity contribution >= 4 is 21.6 Å². The van der Waals surface area contributed by atoms with Crippen LogP contribution in [0.3, 0.4) is 0 Å². The zero-order valence-electron chi connectivity index (χ0n) is 8.09. The summed E-state index contributed by atoms with van der Waals surface area (Å²) in [5.41, 5.74) is 0. The molecule has 0 fully saturated rings. The summed E-state index contributed by atoms with van der Waals surface area (Å²) in [6, 6.07) is 5.80. The first kappa shape index (κ1) is 13.8. The van der Waals surface area contributed by atoms with Crippen LogP contribution in [0.4, 0.5) is 0 Å². The van der Waals surface area contributed by atoms with Crippen molar-refractivity contribution in [1.29, 1.82) is 0 Å². The van der Waals surface area contributed by atoms with Crippen LogP contribution in [0.1, 0.15) is 6.92 Å². The minimum Gasteiger partial charge on any atom is -0.397 e. The normalized spacial score (nSPS) is 9.07. The molecule has 0 aliphatic heterocycles. The predicted octanol–water partition coefficient (Wildman–Crippen LogP) is 1.81. The average molecular weight is 233 g/mol. The molecule has 2 N–H and O–H groups in total. The highest BCUT2D eigenvalue weighted by Gasteiger charge is 1.92. The highest BCUT2D eigenvalue weighted by molar-refractivity contribution is 8.76. The molecule has 1 aromatic rings. The zero-order valence-corrected chi connectivity index (χ0v) is 9.72. The van der Waals surface area contributed by atoms with Gasteiger partial charge in [-0.3, -0.25) is 0 Å². The Kier molecular flexibility index (Phi) is 10.7. The van der Waals surface area contributed by atoms with Crippen LogP contribution >= 0.6 is 21.6 Å². The van der Waals surface area contributed by atoms with Gasteiger partial charge < -0.3 is 10.2 Å². The van der Waals surface area contributed by atoms with Crippen molar-refractivity contribution < 1.29 is 10.2 Å².